The van der Waals surface area contributed by atoms with E-state index < -0.39 is 0 Å². The summed E-state index contributed by atoms with van der Waals surface area (Å²) in [4.78, 5) is 16.0. The fourth-order valence-electron chi connectivity index (χ4n) is 2.37. The molecule has 1 aromatic heterocycles. The van der Waals surface area contributed by atoms with Gasteiger partial charge in [-0.3, -0.25) is 4.79 Å². The van der Waals surface area contributed by atoms with Gasteiger partial charge in [-0.25, -0.2) is 4.98 Å². The van der Waals surface area contributed by atoms with Crippen molar-refractivity contribution in [2.75, 3.05) is 25.5 Å². The van der Waals surface area contributed by atoms with Crippen LogP contribution in [0.5, 0.6) is 5.88 Å². The minimum atomic E-state index is 0.0323. The summed E-state index contributed by atoms with van der Waals surface area (Å²) in [6.45, 7) is 2.14. The molecule has 0 saturated carbocycles. The lowest BCUT2D eigenvalue weighted by Crippen LogP contribution is -2.28. The number of anilines is 1. The molecule has 1 fully saturated rings. The molecule has 19 heavy (non-hydrogen) atoms. The predicted molar refractivity (Wildman–Crippen MR) is 74.2 cm³/mol. The summed E-state index contributed by atoms with van der Waals surface area (Å²) in [5.41, 5.74) is 0.639. The molecule has 2 N–H and O–H groups in total. The minimum absolute atomic E-state index is 0.0323. The van der Waals surface area contributed by atoms with E-state index in [4.69, 9.17) is 4.74 Å². The number of aromatic nitrogens is 1. The number of hydrogen-bond acceptors (Lipinski definition) is 4. The number of rotatable bonds is 5. The van der Waals surface area contributed by atoms with Gasteiger partial charge in [0.25, 0.3) is 0 Å². The van der Waals surface area contributed by atoms with Crippen molar-refractivity contribution in [1.29, 1.82) is 0 Å². The number of carbonyl (C=O) groups is 1. The fraction of sp³-hybridized carbons (Fsp3) is 0.571. The van der Waals surface area contributed by atoms with Crippen LogP contribution in [0.2, 0.25) is 0 Å². The van der Waals surface area contributed by atoms with E-state index in [0.717, 1.165) is 19.5 Å². The topological polar surface area (TPSA) is 63.2 Å². The van der Waals surface area contributed by atoms with Gasteiger partial charge in [0.2, 0.25) is 11.8 Å². The SMILES string of the molecule is COc1ncccc1NC(=O)CCC1CCNCC1. The van der Waals surface area contributed by atoms with Crippen LogP contribution in [0.1, 0.15) is 25.7 Å². The number of amides is 1. The third-order valence-corrected chi connectivity index (χ3v) is 3.48. The Morgan fingerprint density at radius 2 is 2.32 bits per heavy atom. The second kappa shape index (κ2) is 7.09. The molecule has 1 amide bonds. The van der Waals surface area contributed by atoms with Crippen LogP contribution in [0.25, 0.3) is 0 Å². The molecule has 1 aromatic rings. The zero-order valence-electron chi connectivity index (χ0n) is 11.3. The van der Waals surface area contributed by atoms with Crippen molar-refractivity contribution in [2.24, 2.45) is 5.92 Å². The lowest BCUT2D eigenvalue weighted by molar-refractivity contribution is -0.116. The zero-order chi connectivity index (χ0) is 13.5. The molecule has 0 aliphatic carbocycles. The molecule has 1 saturated heterocycles. The highest BCUT2D eigenvalue weighted by Gasteiger charge is 2.15. The summed E-state index contributed by atoms with van der Waals surface area (Å²) in [5.74, 6) is 1.16. The Hall–Kier alpha value is -1.62. The molecule has 0 bridgehead atoms. The highest BCUT2D eigenvalue weighted by Crippen LogP contribution is 2.21. The summed E-state index contributed by atoms with van der Waals surface area (Å²) in [6.07, 6.45) is 5.50. The second-order valence-electron chi connectivity index (χ2n) is 4.84. The number of ether oxygens (including phenoxy) is 1. The van der Waals surface area contributed by atoms with Gasteiger partial charge < -0.3 is 15.4 Å². The van der Waals surface area contributed by atoms with Crippen LogP contribution in [0.3, 0.4) is 0 Å². The first-order valence-corrected chi connectivity index (χ1v) is 6.79. The Balaban J connectivity index is 1.80. The van der Waals surface area contributed by atoms with Crippen molar-refractivity contribution >= 4 is 11.6 Å². The number of nitrogens with zero attached hydrogens (tertiary/aromatic N) is 1. The number of hydrogen-bond donors (Lipinski definition) is 2. The van der Waals surface area contributed by atoms with E-state index in [1.807, 2.05) is 0 Å². The number of pyridine rings is 1. The maximum absolute atomic E-state index is 11.9. The third-order valence-electron chi connectivity index (χ3n) is 3.48. The van der Waals surface area contributed by atoms with Gasteiger partial charge in [-0.1, -0.05) is 0 Å². The summed E-state index contributed by atoms with van der Waals surface area (Å²) in [5, 5.41) is 6.19. The first kappa shape index (κ1) is 13.8. The maximum Gasteiger partial charge on any atom is 0.237 e. The second-order valence-corrected chi connectivity index (χ2v) is 4.84. The lowest BCUT2D eigenvalue weighted by atomic mass is 9.93. The van der Waals surface area contributed by atoms with Gasteiger partial charge in [0.1, 0.15) is 5.69 Å². The van der Waals surface area contributed by atoms with Crippen LogP contribution in [0.15, 0.2) is 18.3 Å². The van der Waals surface area contributed by atoms with Crippen molar-refractivity contribution in [3.05, 3.63) is 18.3 Å². The van der Waals surface area contributed by atoms with E-state index >= 15 is 0 Å². The molecule has 2 rings (SSSR count). The van der Waals surface area contributed by atoms with Gasteiger partial charge in [-0.15, -0.1) is 0 Å². The van der Waals surface area contributed by atoms with Crippen LogP contribution >= 0.6 is 0 Å². The largest absolute Gasteiger partial charge is 0.480 e. The third kappa shape index (κ3) is 4.21. The summed E-state index contributed by atoms with van der Waals surface area (Å²) in [7, 11) is 1.55. The van der Waals surface area contributed by atoms with Gasteiger partial charge in [-0.2, -0.15) is 0 Å². The van der Waals surface area contributed by atoms with Gasteiger partial charge in [0.15, 0.2) is 0 Å². The molecule has 0 unspecified atom stereocenters. The van der Waals surface area contributed by atoms with Crippen LogP contribution < -0.4 is 15.4 Å². The number of methoxy groups -OCH3 is 1. The molecule has 5 nitrogen and oxygen atoms in total. The van der Waals surface area contributed by atoms with Gasteiger partial charge in [0, 0.05) is 12.6 Å². The van der Waals surface area contributed by atoms with Gasteiger partial charge in [-0.05, 0) is 50.4 Å². The molecule has 1 aliphatic heterocycles. The van der Waals surface area contributed by atoms with E-state index in [9.17, 15) is 4.79 Å². The molecule has 0 radical (unpaired) electrons. The Labute approximate surface area is 113 Å². The van der Waals surface area contributed by atoms with Crippen molar-refractivity contribution in [3.8, 4) is 5.88 Å². The highest BCUT2D eigenvalue weighted by molar-refractivity contribution is 5.91. The van der Waals surface area contributed by atoms with Crippen molar-refractivity contribution in [1.82, 2.24) is 10.3 Å². The molecular formula is C14H21N3O2. The molecule has 0 aromatic carbocycles. The number of piperidine rings is 1. The minimum Gasteiger partial charge on any atom is -0.480 e. The van der Waals surface area contributed by atoms with E-state index in [2.05, 4.69) is 15.6 Å². The Morgan fingerprint density at radius 3 is 3.05 bits per heavy atom. The molecular weight excluding hydrogens is 242 g/mol. The first-order chi connectivity index (χ1) is 9.29. The predicted octanol–water partition coefficient (Wildman–Crippen LogP) is 1.81. The molecule has 5 heteroatoms. The van der Waals surface area contributed by atoms with Gasteiger partial charge >= 0.3 is 0 Å². The lowest BCUT2D eigenvalue weighted by Gasteiger charge is -2.22. The van der Waals surface area contributed by atoms with Crippen LogP contribution in [0, 0.1) is 5.92 Å². The monoisotopic (exact) mass is 263 g/mol. The number of nitrogens with one attached hydrogen (secondary N) is 2. The van der Waals surface area contributed by atoms with Crippen molar-refractivity contribution < 1.29 is 9.53 Å². The van der Waals surface area contributed by atoms with E-state index in [1.165, 1.54) is 12.8 Å². The standard InChI is InChI=1S/C14H21N3O2/c1-19-14-12(3-2-8-16-14)17-13(18)5-4-11-6-9-15-10-7-11/h2-3,8,11,15H,4-7,9-10H2,1H3,(H,17,18). The van der Waals surface area contributed by atoms with Crippen molar-refractivity contribution in [2.45, 2.75) is 25.7 Å². The molecule has 0 atom stereocenters. The average Bonchev–Trinajstić information content (AvgIpc) is 2.47. The normalized spacial score (nSPS) is 16.1. The molecule has 1 aliphatic rings. The summed E-state index contributed by atoms with van der Waals surface area (Å²) >= 11 is 0. The van der Waals surface area contributed by atoms with E-state index in [1.54, 1.807) is 25.4 Å². The molecule has 104 valence electrons. The zero-order valence-corrected chi connectivity index (χ0v) is 11.3. The smallest absolute Gasteiger partial charge is 0.237 e. The highest BCUT2D eigenvalue weighted by atomic mass is 16.5. The van der Waals surface area contributed by atoms with E-state index in [-0.39, 0.29) is 5.91 Å². The summed E-state index contributed by atoms with van der Waals surface area (Å²) in [6, 6.07) is 3.58. The Kier molecular flexibility index (Phi) is 5.15. The van der Waals surface area contributed by atoms with Crippen LogP contribution in [-0.4, -0.2) is 31.1 Å². The van der Waals surface area contributed by atoms with Crippen LogP contribution in [-0.2, 0) is 4.79 Å². The van der Waals surface area contributed by atoms with E-state index in [0.29, 0.717) is 23.9 Å². The maximum atomic E-state index is 11.9. The van der Waals surface area contributed by atoms with Crippen LogP contribution in [0.4, 0.5) is 5.69 Å². The quantitative estimate of drug-likeness (QED) is 0.850. The summed E-state index contributed by atoms with van der Waals surface area (Å²) < 4.78 is 5.11. The molecule has 0 spiro atoms. The Bertz CT molecular complexity index is 417. The Morgan fingerprint density at radius 1 is 1.53 bits per heavy atom. The van der Waals surface area contributed by atoms with Gasteiger partial charge in [0.05, 0.1) is 7.11 Å². The average molecular weight is 263 g/mol. The number of carbonyl (C=O) groups excluding carboxylic acids is 1. The fourth-order valence-corrected chi connectivity index (χ4v) is 2.37. The molecule has 2 heterocycles. The van der Waals surface area contributed by atoms with Crippen molar-refractivity contribution in [3.63, 3.8) is 0 Å². The first-order valence-electron chi connectivity index (χ1n) is 6.79.